The normalized spacial score (nSPS) is 18.7. The van der Waals surface area contributed by atoms with Gasteiger partial charge in [-0.2, -0.15) is 4.98 Å². The van der Waals surface area contributed by atoms with E-state index in [4.69, 9.17) is 4.52 Å². The molecule has 2 saturated heterocycles. The maximum atomic E-state index is 13.9. The fraction of sp³-hybridized carbons (Fsp3) is 0.440. The van der Waals surface area contributed by atoms with Gasteiger partial charge >= 0.3 is 0 Å². The van der Waals surface area contributed by atoms with Crippen LogP contribution >= 0.6 is 11.3 Å². The number of thiophene rings is 1. The molecule has 0 unspecified atom stereocenters. The quantitative estimate of drug-likeness (QED) is 0.560. The van der Waals surface area contributed by atoms with Gasteiger partial charge in [0.1, 0.15) is 0 Å². The van der Waals surface area contributed by atoms with Crippen LogP contribution in [0.25, 0.3) is 10.7 Å². The number of amides is 2. The van der Waals surface area contributed by atoms with E-state index in [1.54, 1.807) is 18.3 Å². The molecule has 0 N–H and O–H groups in total. The zero-order chi connectivity index (χ0) is 23.5. The van der Waals surface area contributed by atoms with Crippen molar-refractivity contribution in [1.82, 2.24) is 24.8 Å². The Morgan fingerprint density at radius 3 is 2.35 bits per heavy atom. The predicted octanol–water partition coefficient (Wildman–Crippen LogP) is 3.02. The summed E-state index contributed by atoms with van der Waals surface area (Å²) in [6, 6.07) is 14.0. The van der Waals surface area contributed by atoms with E-state index in [2.05, 4.69) is 27.2 Å². The number of aromatic nitrogens is 2. The number of carbonyl (C=O) groups is 2. The van der Waals surface area contributed by atoms with E-state index in [1.807, 2.05) is 45.5 Å². The highest BCUT2D eigenvalue weighted by atomic mass is 32.1. The molecule has 2 aliphatic heterocycles. The molecule has 2 aromatic heterocycles. The Morgan fingerprint density at radius 2 is 1.71 bits per heavy atom. The third-order valence-corrected chi connectivity index (χ3v) is 7.89. The van der Waals surface area contributed by atoms with Crippen molar-refractivity contribution >= 4 is 23.2 Å². The average Bonchev–Trinajstić information content (AvgIpc) is 3.57. The Bertz CT molecular complexity index is 1110. The van der Waals surface area contributed by atoms with Gasteiger partial charge in [0, 0.05) is 46.2 Å². The molecule has 0 atom stereocenters. The second-order valence-electron chi connectivity index (χ2n) is 9.01. The standard InChI is InChI=1S/C25H29N5O3S/c1-19(31)29-11-9-25(10-12-29,20-6-3-2-4-7-20)24(32)30-15-13-28(14-16-30)18-22-26-23(27-33-22)21-8-5-17-34-21/h2-8,17H,9-16,18H2,1H3. The number of piperidine rings is 1. The Hall–Kier alpha value is -3.04. The molecule has 4 heterocycles. The minimum Gasteiger partial charge on any atom is -0.343 e. The van der Waals surface area contributed by atoms with Crippen molar-refractivity contribution in [3.8, 4) is 10.7 Å². The molecular weight excluding hydrogens is 450 g/mol. The van der Waals surface area contributed by atoms with Gasteiger partial charge in [0.2, 0.25) is 23.5 Å². The zero-order valence-electron chi connectivity index (χ0n) is 19.4. The molecule has 0 aliphatic carbocycles. The summed E-state index contributed by atoms with van der Waals surface area (Å²) in [5.74, 6) is 1.48. The highest BCUT2D eigenvalue weighted by molar-refractivity contribution is 7.13. The maximum Gasteiger partial charge on any atom is 0.241 e. The molecule has 8 nitrogen and oxygen atoms in total. The van der Waals surface area contributed by atoms with Crippen LogP contribution in [0.1, 0.15) is 31.2 Å². The first-order valence-electron chi connectivity index (χ1n) is 11.7. The molecule has 0 saturated carbocycles. The number of piperazine rings is 1. The topological polar surface area (TPSA) is 82.8 Å². The van der Waals surface area contributed by atoms with Gasteiger partial charge in [-0.1, -0.05) is 41.6 Å². The molecule has 5 rings (SSSR count). The molecule has 2 aliphatic rings. The van der Waals surface area contributed by atoms with E-state index in [9.17, 15) is 9.59 Å². The van der Waals surface area contributed by atoms with Crippen LogP contribution in [0.5, 0.6) is 0 Å². The fourth-order valence-electron chi connectivity index (χ4n) is 5.01. The summed E-state index contributed by atoms with van der Waals surface area (Å²) < 4.78 is 5.46. The van der Waals surface area contributed by atoms with E-state index >= 15 is 0 Å². The minimum atomic E-state index is -0.572. The first kappa shape index (κ1) is 22.7. The molecule has 34 heavy (non-hydrogen) atoms. The van der Waals surface area contributed by atoms with Crippen molar-refractivity contribution in [3.63, 3.8) is 0 Å². The minimum absolute atomic E-state index is 0.0750. The number of hydrogen-bond donors (Lipinski definition) is 0. The van der Waals surface area contributed by atoms with E-state index in [0.717, 1.165) is 23.5 Å². The number of carbonyl (C=O) groups excluding carboxylic acids is 2. The van der Waals surface area contributed by atoms with Crippen LogP contribution in [0, 0.1) is 0 Å². The Morgan fingerprint density at radius 1 is 0.971 bits per heavy atom. The summed E-state index contributed by atoms with van der Waals surface area (Å²) in [6.45, 7) is 6.24. The molecule has 1 aromatic carbocycles. The van der Waals surface area contributed by atoms with Gasteiger partial charge in [-0.25, -0.2) is 0 Å². The van der Waals surface area contributed by atoms with Crippen LogP contribution in [0.3, 0.4) is 0 Å². The van der Waals surface area contributed by atoms with Crippen molar-refractivity contribution in [2.75, 3.05) is 39.3 Å². The largest absolute Gasteiger partial charge is 0.343 e. The number of likely N-dealkylation sites (tertiary alicyclic amines) is 1. The third-order valence-electron chi connectivity index (χ3n) is 7.03. The average molecular weight is 480 g/mol. The monoisotopic (exact) mass is 479 g/mol. The lowest BCUT2D eigenvalue weighted by Crippen LogP contribution is -2.57. The lowest BCUT2D eigenvalue weighted by Gasteiger charge is -2.45. The van der Waals surface area contributed by atoms with Crippen LogP contribution in [0.15, 0.2) is 52.4 Å². The number of rotatable bonds is 5. The lowest BCUT2D eigenvalue weighted by molar-refractivity contribution is -0.144. The van der Waals surface area contributed by atoms with Crippen LogP contribution in [0.2, 0.25) is 0 Å². The molecule has 0 bridgehead atoms. The van der Waals surface area contributed by atoms with Crippen LogP contribution in [-0.4, -0.2) is 75.9 Å². The van der Waals surface area contributed by atoms with Gasteiger partial charge in [0.25, 0.3) is 0 Å². The van der Waals surface area contributed by atoms with Crippen molar-refractivity contribution in [3.05, 3.63) is 59.3 Å². The Balaban J connectivity index is 1.24. The number of nitrogens with zero attached hydrogens (tertiary/aromatic N) is 5. The molecule has 2 amide bonds. The maximum absolute atomic E-state index is 13.9. The van der Waals surface area contributed by atoms with Crippen LogP contribution in [-0.2, 0) is 21.5 Å². The Kier molecular flexibility index (Phi) is 6.47. The Labute approximate surface area is 203 Å². The van der Waals surface area contributed by atoms with E-state index in [1.165, 1.54) is 0 Å². The number of benzene rings is 1. The summed E-state index contributed by atoms with van der Waals surface area (Å²) >= 11 is 1.59. The van der Waals surface area contributed by atoms with Gasteiger partial charge in [0.15, 0.2) is 0 Å². The second kappa shape index (κ2) is 9.68. The fourth-order valence-corrected chi connectivity index (χ4v) is 5.66. The second-order valence-corrected chi connectivity index (χ2v) is 9.96. The van der Waals surface area contributed by atoms with Gasteiger partial charge in [-0.15, -0.1) is 11.3 Å². The van der Waals surface area contributed by atoms with Crippen molar-refractivity contribution < 1.29 is 14.1 Å². The smallest absolute Gasteiger partial charge is 0.241 e. The molecule has 0 radical (unpaired) electrons. The molecule has 2 fully saturated rings. The van der Waals surface area contributed by atoms with Gasteiger partial charge < -0.3 is 14.3 Å². The zero-order valence-corrected chi connectivity index (χ0v) is 20.2. The molecule has 178 valence electrons. The predicted molar refractivity (Wildman–Crippen MR) is 129 cm³/mol. The summed E-state index contributed by atoms with van der Waals surface area (Å²) in [7, 11) is 0. The molecule has 9 heteroatoms. The first-order valence-corrected chi connectivity index (χ1v) is 12.6. The van der Waals surface area contributed by atoms with Gasteiger partial charge in [-0.3, -0.25) is 14.5 Å². The SMILES string of the molecule is CC(=O)N1CCC(C(=O)N2CCN(Cc3nc(-c4cccs4)no3)CC2)(c2ccccc2)CC1. The summed E-state index contributed by atoms with van der Waals surface area (Å²) in [4.78, 5) is 37.4. The van der Waals surface area contributed by atoms with E-state index < -0.39 is 5.41 Å². The first-order chi connectivity index (χ1) is 16.5. The lowest BCUT2D eigenvalue weighted by atomic mass is 9.71. The molecule has 0 spiro atoms. The van der Waals surface area contributed by atoms with Gasteiger partial charge in [0.05, 0.1) is 16.8 Å². The number of hydrogen-bond acceptors (Lipinski definition) is 7. The highest BCUT2D eigenvalue weighted by Gasteiger charge is 2.45. The van der Waals surface area contributed by atoms with Crippen molar-refractivity contribution in [2.24, 2.45) is 0 Å². The third kappa shape index (κ3) is 4.50. The summed E-state index contributed by atoms with van der Waals surface area (Å²) in [6.07, 6.45) is 1.31. The molecule has 3 aromatic rings. The van der Waals surface area contributed by atoms with E-state index in [-0.39, 0.29) is 11.8 Å². The van der Waals surface area contributed by atoms with Crippen LogP contribution < -0.4 is 0 Å². The van der Waals surface area contributed by atoms with Crippen molar-refractivity contribution in [2.45, 2.75) is 31.7 Å². The summed E-state index contributed by atoms with van der Waals surface area (Å²) in [5, 5.41) is 6.09. The molecular formula is C25H29N5O3S. The summed E-state index contributed by atoms with van der Waals surface area (Å²) in [5.41, 5.74) is 0.481. The highest BCUT2D eigenvalue weighted by Crippen LogP contribution is 2.38. The van der Waals surface area contributed by atoms with E-state index in [0.29, 0.717) is 57.3 Å². The van der Waals surface area contributed by atoms with Crippen molar-refractivity contribution in [1.29, 1.82) is 0 Å². The van der Waals surface area contributed by atoms with Gasteiger partial charge in [-0.05, 0) is 29.9 Å². The van der Waals surface area contributed by atoms with Crippen LogP contribution in [0.4, 0.5) is 0 Å².